The molecule has 0 unspecified atom stereocenters. The van der Waals surface area contributed by atoms with E-state index < -0.39 is 0 Å². The van der Waals surface area contributed by atoms with E-state index in [0.29, 0.717) is 13.2 Å². The monoisotopic (exact) mass is 275 g/mol. The molecule has 0 aliphatic rings. The molecule has 0 saturated carbocycles. The number of methoxy groups -OCH3 is 1. The van der Waals surface area contributed by atoms with Gasteiger partial charge in [0.1, 0.15) is 0 Å². The van der Waals surface area contributed by atoms with E-state index in [1.54, 1.807) is 13.3 Å². The number of hydrogen-bond acceptors (Lipinski definition) is 4. The summed E-state index contributed by atoms with van der Waals surface area (Å²) in [6, 6.07) is 7.92. The van der Waals surface area contributed by atoms with Crippen molar-refractivity contribution in [2.24, 2.45) is 12.8 Å². The summed E-state index contributed by atoms with van der Waals surface area (Å²) in [6.45, 7) is 1.21. The number of aromatic nitrogens is 2. The Morgan fingerprint density at radius 2 is 2.05 bits per heavy atom. The third-order valence-electron chi connectivity index (χ3n) is 3.20. The lowest BCUT2D eigenvalue weighted by Gasteiger charge is -2.12. The zero-order valence-electron chi connectivity index (χ0n) is 12.0. The standard InChI is InChI=1S/C15H21N3O2/c1-18-13(6-9-17-18)7-10-20-15-11-12(5-8-16)3-4-14(15)19-2/h3-4,6,9,11H,5,7-8,10,16H2,1-2H3. The van der Waals surface area contributed by atoms with Gasteiger partial charge in [0.25, 0.3) is 0 Å². The molecule has 108 valence electrons. The van der Waals surface area contributed by atoms with Crippen molar-refractivity contribution < 1.29 is 9.47 Å². The number of nitrogens with two attached hydrogens (primary N) is 1. The van der Waals surface area contributed by atoms with Gasteiger partial charge in [-0.15, -0.1) is 0 Å². The van der Waals surface area contributed by atoms with E-state index in [9.17, 15) is 0 Å². The Labute approximate surface area is 119 Å². The van der Waals surface area contributed by atoms with Crippen LogP contribution in [0.15, 0.2) is 30.5 Å². The number of hydrogen-bond donors (Lipinski definition) is 1. The van der Waals surface area contributed by atoms with E-state index in [0.717, 1.165) is 35.6 Å². The maximum Gasteiger partial charge on any atom is 0.161 e. The van der Waals surface area contributed by atoms with Crippen molar-refractivity contribution in [1.29, 1.82) is 0 Å². The zero-order chi connectivity index (χ0) is 14.4. The van der Waals surface area contributed by atoms with E-state index in [2.05, 4.69) is 5.10 Å². The molecule has 0 spiro atoms. The second-order valence-electron chi connectivity index (χ2n) is 4.57. The summed E-state index contributed by atoms with van der Waals surface area (Å²) in [6.07, 6.45) is 3.43. The van der Waals surface area contributed by atoms with Crippen LogP contribution in [0.25, 0.3) is 0 Å². The maximum absolute atomic E-state index is 5.84. The minimum Gasteiger partial charge on any atom is -0.493 e. The summed E-state index contributed by atoms with van der Waals surface area (Å²) in [5.74, 6) is 1.51. The molecule has 0 aliphatic carbocycles. The molecule has 0 bridgehead atoms. The van der Waals surface area contributed by atoms with E-state index in [4.69, 9.17) is 15.2 Å². The van der Waals surface area contributed by atoms with E-state index in [1.807, 2.05) is 36.0 Å². The van der Waals surface area contributed by atoms with Gasteiger partial charge >= 0.3 is 0 Å². The molecule has 0 aliphatic heterocycles. The fourth-order valence-corrected chi connectivity index (χ4v) is 2.07. The summed E-state index contributed by atoms with van der Waals surface area (Å²) in [5.41, 5.74) is 7.88. The number of nitrogens with zero attached hydrogens (tertiary/aromatic N) is 2. The van der Waals surface area contributed by atoms with Crippen molar-refractivity contribution >= 4 is 0 Å². The number of ether oxygens (including phenoxy) is 2. The molecule has 2 rings (SSSR count). The van der Waals surface area contributed by atoms with Gasteiger partial charge in [-0.05, 0) is 36.7 Å². The van der Waals surface area contributed by atoms with Crippen molar-refractivity contribution in [3.8, 4) is 11.5 Å². The summed E-state index contributed by atoms with van der Waals surface area (Å²) in [4.78, 5) is 0. The predicted octanol–water partition coefficient (Wildman–Crippen LogP) is 1.55. The molecule has 20 heavy (non-hydrogen) atoms. The van der Waals surface area contributed by atoms with Crippen molar-refractivity contribution in [3.63, 3.8) is 0 Å². The first kappa shape index (κ1) is 14.4. The summed E-state index contributed by atoms with van der Waals surface area (Å²) in [5, 5.41) is 4.14. The SMILES string of the molecule is COc1ccc(CCN)cc1OCCc1ccnn1C. The molecule has 2 N–H and O–H groups in total. The van der Waals surface area contributed by atoms with Gasteiger partial charge < -0.3 is 15.2 Å². The highest BCUT2D eigenvalue weighted by atomic mass is 16.5. The number of benzene rings is 1. The molecule has 0 atom stereocenters. The minimum atomic E-state index is 0.585. The third kappa shape index (κ3) is 3.51. The average molecular weight is 275 g/mol. The number of rotatable bonds is 7. The highest BCUT2D eigenvalue weighted by molar-refractivity contribution is 5.43. The average Bonchev–Trinajstić information content (AvgIpc) is 2.85. The highest BCUT2D eigenvalue weighted by Crippen LogP contribution is 2.28. The first-order valence-electron chi connectivity index (χ1n) is 6.71. The van der Waals surface area contributed by atoms with Gasteiger partial charge in [-0.25, -0.2) is 0 Å². The Kier molecular flexibility index (Phi) is 5.01. The van der Waals surface area contributed by atoms with Gasteiger partial charge in [0.05, 0.1) is 13.7 Å². The van der Waals surface area contributed by atoms with Crippen molar-refractivity contribution in [2.45, 2.75) is 12.8 Å². The van der Waals surface area contributed by atoms with Crippen LogP contribution >= 0.6 is 0 Å². The van der Waals surface area contributed by atoms with Gasteiger partial charge in [0, 0.05) is 25.4 Å². The first-order valence-corrected chi connectivity index (χ1v) is 6.71. The first-order chi connectivity index (χ1) is 9.74. The molecule has 5 heteroatoms. The van der Waals surface area contributed by atoms with E-state index in [1.165, 1.54) is 0 Å². The molecule has 0 fully saturated rings. The van der Waals surface area contributed by atoms with Crippen LogP contribution in [-0.2, 0) is 19.9 Å². The molecule has 1 aromatic heterocycles. The molecule has 1 heterocycles. The number of aryl methyl sites for hydroxylation is 1. The Morgan fingerprint density at radius 1 is 1.20 bits per heavy atom. The molecular formula is C15H21N3O2. The summed E-state index contributed by atoms with van der Waals surface area (Å²) in [7, 11) is 3.57. The smallest absolute Gasteiger partial charge is 0.161 e. The van der Waals surface area contributed by atoms with Crippen LogP contribution in [0.2, 0.25) is 0 Å². The molecule has 2 aromatic rings. The van der Waals surface area contributed by atoms with Gasteiger partial charge in [-0.2, -0.15) is 5.10 Å². The van der Waals surface area contributed by atoms with Crippen molar-refractivity contribution in [2.75, 3.05) is 20.3 Å². The Hall–Kier alpha value is -2.01. The van der Waals surface area contributed by atoms with Gasteiger partial charge in [-0.1, -0.05) is 6.07 Å². The lowest BCUT2D eigenvalue weighted by atomic mass is 10.1. The summed E-state index contributed by atoms with van der Waals surface area (Å²) < 4.78 is 13.0. The zero-order valence-corrected chi connectivity index (χ0v) is 12.0. The van der Waals surface area contributed by atoms with Gasteiger partial charge in [0.2, 0.25) is 0 Å². The predicted molar refractivity (Wildman–Crippen MR) is 78.2 cm³/mol. The quantitative estimate of drug-likeness (QED) is 0.833. The van der Waals surface area contributed by atoms with Crippen molar-refractivity contribution in [3.05, 3.63) is 41.7 Å². The molecule has 0 saturated heterocycles. The van der Waals surface area contributed by atoms with Gasteiger partial charge in [0.15, 0.2) is 11.5 Å². The summed E-state index contributed by atoms with van der Waals surface area (Å²) >= 11 is 0. The molecule has 0 amide bonds. The molecule has 1 aromatic carbocycles. The Bertz CT molecular complexity index is 552. The van der Waals surface area contributed by atoms with E-state index in [-0.39, 0.29) is 0 Å². The minimum absolute atomic E-state index is 0.585. The molecule has 0 radical (unpaired) electrons. The van der Waals surface area contributed by atoms with Crippen LogP contribution in [-0.4, -0.2) is 30.0 Å². The van der Waals surface area contributed by atoms with Crippen LogP contribution in [0.5, 0.6) is 11.5 Å². The second-order valence-corrected chi connectivity index (χ2v) is 4.57. The Morgan fingerprint density at radius 3 is 2.70 bits per heavy atom. The van der Waals surface area contributed by atoms with Crippen LogP contribution in [0, 0.1) is 0 Å². The highest BCUT2D eigenvalue weighted by Gasteiger charge is 2.06. The molecular weight excluding hydrogens is 254 g/mol. The van der Waals surface area contributed by atoms with E-state index >= 15 is 0 Å². The molecule has 5 nitrogen and oxygen atoms in total. The fourth-order valence-electron chi connectivity index (χ4n) is 2.07. The fraction of sp³-hybridized carbons (Fsp3) is 0.400. The van der Waals surface area contributed by atoms with Crippen LogP contribution in [0.4, 0.5) is 0 Å². The lowest BCUT2D eigenvalue weighted by Crippen LogP contribution is -2.07. The Balaban J connectivity index is 2.00. The van der Waals surface area contributed by atoms with Gasteiger partial charge in [-0.3, -0.25) is 4.68 Å². The van der Waals surface area contributed by atoms with Crippen LogP contribution < -0.4 is 15.2 Å². The second kappa shape index (κ2) is 6.96. The lowest BCUT2D eigenvalue weighted by molar-refractivity contribution is 0.295. The third-order valence-corrected chi connectivity index (χ3v) is 3.20. The van der Waals surface area contributed by atoms with Crippen LogP contribution in [0.1, 0.15) is 11.3 Å². The van der Waals surface area contributed by atoms with Crippen LogP contribution in [0.3, 0.4) is 0 Å². The normalized spacial score (nSPS) is 10.6. The largest absolute Gasteiger partial charge is 0.493 e. The topological polar surface area (TPSA) is 62.3 Å². The van der Waals surface area contributed by atoms with Crippen molar-refractivity contribution in [1.82, 2.24) is 9.78 Å². The maximum atomic E-state index is 5.84.